The van der Waals surface area contributed by atoms with Crippen LogP contribution < -0.4 is 4.90 Å². The normalized spacial score (nSPS) is 12.4. The Morgan fingerprint density at radius 1 is 0.448 bits per heavy atom. The van der Waals surface area contributed by atoms with Crippen LogP contribution in [0.15, 0.2) is 109 Å². The van der Waals surface area contributed by atoms with Gasteiger partial charge in [-0.25, -0.2) is 19.9 Å². The Kier molecular flexibility index (Phi) is 8.59. The molecule has 0 spiro atoms. The van der Waals surface area contributed by atoms with E-state index in [2.05, 4.69) is 199 Å². The number of imidazole rings is 2. The number of nitrogens with zero attached hydrogens (tertiary/aromatic N) is 7. The van der Waals surface area contributed by atoms with E-state index in [9.17, 15) is 0 Å². The molecule has 0 aliphatic carbocycles. The van der Waals surface area contributed by atoms with E-state index in [-0.39, 0.29) is 10.8 Å². The number of aryl methyl sites for hydroxylation is 5. The van der Waals surface area contributed by atoms with Gasteiger partial charge in [0, 0.05) is 21.6 Å². The van der Waals surface area contributed by atoms with Gasteiger partial charge in [-0.1, -0.05) is 132 Å². The van der Waals surface area contributed by atoms with Crippen molar-refractivity contribution in [1.82, 2.24) is 28.7 Å². The molecule has 0 radical (unpaired) electrons. The summed E-state index contributed by atoms with van der Waals surface area (Å²) in [4.78, 5) is 24.4. The molecule has 5 aromatic carbocycles. The molecule has 0 amide bonds. The number of rotatable bonds is 5. The summed E-state index contributed by atoms with van der Waals surface area (Å²) in [6.07, 6.45) is 0. The monoisotopic (exact) mass is 761 g/mol. The van der Waals surface area contributed by atoms with E-state index in [1.54, 1.807) is 0 Å². The van der Waals surface area contributed by atoms with Gasteiger partial charge in [0.1, 0.15) is 22.9 Å². The van der Waals surface area contributed by atoms with Gasteiger partial charge in [-0.05, 0) is 92.3 Å². The van der Waals surface area contributed by atoms with E-state index in [1.807, 2.05) is 0 Å². The fourth-order valence-corrected chi connectivity index (χ4v) is 8.70. The van der Waals surface area contributed by atoms with Gasteiger partial charge in [-0.3, -0.25) is 13.7 Å². The zero-order chi connectivity index (χ0) is 40.8. The minimum atomic E-state index is -0.276. The highest BCUT2D eigenvalue weighted by atomic mass is 15.3. The molecule has 0 saturated carbocycles. The van der Waals surface area contributed by atoms with E-state index < -0.39 is 0 Å². The summed E-state index contributed by atoms with van der Waals surface area (Å²) in [5.74, 6) is 3.57. The summed E-state index contributed by atoms with van der Waals surface area (Å²) in [6, 6.07) is 38.7. The summed E-state index contributed by atoms with van der Waals surface area (Å²) in [6.45, 7) is 24.3. The number of hydrogen-bond donors (Lipinski definition) is 0. The Morgan fingerprint density at radius 3 is 1.22 bits per heavy atom. The molecular formula is C51H51N7. The Balaban J connectivity index is 1.36. The van der Waals surface area contributed by atoms with E-state index in [0.29, 0.717) is 0 Å². The summed E-state index contributed by atoms with van der Waals surface area (Å²) in [5, 5.41) is 2.01. The number of fused-ring (bicyclic) bond motifs is 6. The topological polar surface area (TPSA) is 63.6 Å². The van der Waals surface area contributed by atoms with Crippen molar-refractivity contribution in [3.8, 4) is 22.3 Å². The SMILES string of the molecule is Cc1cc(C)c(N(c2nc3c4ccc(-c5ccccc5)cc4nc(C(C)(C)C)n3c2C)c2nc3c4ccc(-c5ccccc5)cc4nc(C(C)(C)C)n3c2C)c(C)c1. The fraction of sp³-hybridized carbons (Fsp3) is 0.255. The van der Waals surface area contributed by atoms with Crippen LogP contribution in [0.4, 0.5) is 17.3 Å². The first kappa shape index (κ1) is 37.2. The van der Waals surface area contributed by atoms with Crippen molar-refractivity contribution < 1.29 is 0 Å². The Bertz CT molecular complexity index is 2860. The van der Waals surface area contributed by atoms with E-state index >= 15 is 0 Å². The van der Waals surface area contributed by atoms with Gasteiger partial charge in [-0.15, -0.1) is 0 Å². The van der Waals surface area contributed by atoms with Gasteiger partial charge >= 0.3 is 0 Å². The second-order valence-corrected chi connectivity index (χ2v) is 18.0. The highest BCUT2D eigenvalue weighted by Gasteiger charge is 2.32. The molecule has 58 heavy (non-hydrogen) atoms. The molecule has 0 aliphatic rings. The zero-order valence-electron chi connectivity index (χ0n) is 35.5. The lowest BCUT2D eigenvalue weighted by atomic mass is 9.94. The molecule has 290 valence electrons. The summed E-state index contributed by atoms with van der Waals surface area (Å²) >= 11 is 0. The van der Waals surface area contributed by atoms with Gasteiger partial charge in [0.2, 0.25) is 0 Å². The molecule has 0 bridgehead atoms. The average molecular weight is 762 g/mol. The van der Waals surface area contributed by atoms with Gasteiger partial charge < -0.3 is 0 Å². The van der Waals surface area contributed by atoms with Crippen molar-refractivity contribution in [2.75, 3.05) is 4.90 Å². The molecule has 0 aliphatic heterocycles. The van der Waals surface area contributed by atoms with E-state index in [4.69, 9.17) is 19.9 Å². The maximum Gasteiger partial charge on any atom is 0.161 e. The number of anilines is 3. The molecule has 4 aromatic heterocycles. The smallest absolute Gasteiger partial charge is 0.161 e. The van der Waals surface area contributed by atoms with Crippen molar-refractivity contribution in [1.29, 1.82) is 0 Å². The molecule has 0 fully saturated rings. The maximum atomic E-state index is 5.65. The van der Waals surface area contributed by atoms with Crippen LogP contribution in [0.25, 0.3) is 55.4 Å². The molecule has 0 unspecified atom stereocenters. The van der Waals surface area contributed by atoms with Gasteiger partial charge in [0.15, 0.2) is 11.6 Å². The third-order valence-electron chi connectivity index (χ3n) is 11.4. The van der Waals surface area contributed by atoms with Crippen molar-refractivity contribution in [2.45, 2.75) is 87.0 Å². The molecule has 9 rings (SSSR count). The van der Waals surface area contributed by atoms with Crippen LogP contribution in [-0.2, 0) is 10.8 Å². The van der Waals surface area contributed by atoms with Crippen LogP contribution in [0.1, 0.15) is 81.3 Å². The molecule has 0 atom stereocenters. The summed E-state index contributed by atoms with van der Waals surface area (Å²) in [7, 11) is 0. The standard InChI is InChI=1S/C51H51N7/c1-30-26-31(2)43(32(3)27-30)58(44-33(4)56-46(54-44)39-24-22-37(35-18-14-12-15-19-35)28-41(39)52-48(56)50(6,7)8)45-34(5)57-47(55-45)40-25-23-38(36-20-16-13-17-21-36)29-42(40)53-49(57)51(9,10)11/h12-29H,1-11H3. The Labute approximate surface area is 341 Å². The van der Waals surface area contributed by atoms with Crippen LogP contribution in [0.2, 0.25) is 0 Å². The largest absolute Gasteiger partial charge is 0.282 e. The second kappa shape index (κ2) is 13.4. The molecule has 7 heteroatoms. The lowest BCUT2D eigenvalue weighted by Gasteiger charge is -2.27. The lowest BCUT2D eigenvalue weighted by molar-refractivity contribution is 0.537. The van der Waals surface area contributed by atoms with Crippen LogP contribution in [0.3, 0.4) is 0 Å². The average Bonchev–Trinajstić information content (AvgIpc) is 3.71. The highest BCUT2D eigenvalue weighted by Crippen LogP contribution is 2.44. The van der Waals surface area contributed by atoms with Crippen molar-refractivity contribution in [3.63, 3.8) is 0 Å². The third kappa shape index (κ3) is 6.03. The lowest BCUT2D eigenvalue weighted by Crippen LogP contribution is -2.21. The van der Waals surface area contributed by atoms with Crippen LogP contribution in [0.5, 0.6) is 0 Å². The van der Waals surface area contributed by atoms with Gasteiger partial charge in [0.25, 0.3) is 0 Å². The molecule has 9 aromatic rings. The summed E-state index contributed by atoms with van der Waals surface area (Å²) < 4.78 is 4.55. The van der Waals surface area contributed by atoms with Crippen molar-refractivity contribution in [3.05, 3.63) is 149 Å². The molecule has 7 nitrogen and oxygen atoms in total. The van der Waals surface area contributed by atoms with E-state index in [1.165, 1.54) is 5.56 Å². The van der Waals surface area contributed by atoms with Crippen molar-refractivity contribution >= 4 is 50.4 Å². The number of hydrogen-bond acceptors (Lipinski definition) is 5. The summed E-state index contributed by atoms with van der Waals surface area (Å²) in [5.41, 5.74) is 14.3. The minimum absolute atomic E-state index is 0.276. The Morgan fingerprint density at radius 2 is 0.845 bits per heavy atom. The first-order valence-electron chi connectivity index (χ1n) is 20.3. The quantitative estimate of drug-likeness (QED) is 0.175. The second-order valence-electron chi connectivity index (χ2n) is 18.0. The molecule has 0 N–H and O–H groups in total. The fourth-order valence-electron chi connectivity index (χ4n) is 8.70. The predicted octanol–water partition coefficient (Wildman–Crippen LogP) is 13.0. The minimum Gasteiger partial charge on any atom is -0.282 e. The van der Waals surface area contributed by atoms with Crippen molar-refractivity contribution in [2.24, 2.45) is 0 Å². The third-order valence-corrected chi connectivity index (χ3v) is 11.4. The molecule has 4 heterocycles. The first-order valence-corrected chi connectivity index (χ1v) is 20.3. The van der Waals surface area contributed by atoms with E-state index in [0.717, 1.165) is 107 Å². The van der Waals surface area contributed by atoms with Gasteiger partial charge in [-0.2, -0.15) is 0 Å². The Hall–Kier alpha value is -6.34. The first-order chi connectivity index (χ1) is 27.6. The highest BCUT2D eigenvalue weighted by molar-refractivity contribution is 5.98. The molecule has 0 saturated heterocycles. The van der Waals surface area contributed by atoms with Crippen LogP contribution in [-0.4, -0.2) is 28.7 Å². The number of benzene rings is 5. The maximum absolute atomic E-state index is 5.65. The number of aromatic nitrogens is 6. The van der Waals surface area contributed by atoms with Crippen LogP contribution >= 0.6 is 0 Å². The molecular weight excluding hydrogens is 711 g/mol. The van der Waals surface area contributed by atoms with Gasteiger partial charge in [0.05, 0.1) is 28.1 Å². The predicted molar refractivity (Wildman–Crippen MR) is 241 cm³/mol. The van der Waals surface area contributed by atoms with Crippen LogP contribution in [0, 0.1) is 34.6 Å². The zero-order valence-corrected chi connectivity index (χ0v) is 35.5.